The summed E-state index contributed by atoms with van der Waals surface area (Å²) in [4.78, 5) is 2.37. The van der Waals surface area contributed by atoms with E-state index in [2.05, 4.69) is 254 Å². The topological polar surface area (TPSA) is 3.24 Å². The Bertz CT molecular complexity index is 3060. The summed E-state index contributed by atoms with van der Waals surface area (Å²) >= 11 is 0. The Kier molecular flexibility index (Phi) is 8.79. The molecule has 10 aromatic rings. The molecule has 0 spiro atoms. The van der Waals surface area contributed by atoms with Gasteiger partial charge in [0.15, 0.2) is 0 Å². The Morgan fingerprint density at radius 2 is 0.700 bits per heavy atom. The summed E-state index contributed by atoms with van der Waals surface area (Å²) in [6, 6.07) is 90.9. The number of fused-ring (bicyclic) bond motifs is 4. The van der Waals surface area contributed by atoms with Gasteiger partial charge in [0, 0.05) is 17.1 Å². The van der Waals surface area contributed by atoms with Crippen molar-refractivity contribution >= 4 is 27.8 Å². The zero-order chi connectivity index (χ0) is 39.9. The van der Waals surface area contributed by atoms with E-state index in [9.17, 15) is 0 Å². The van der Waals surface area contributed by atoms with Gasteiger partial charge in [-0.3, -0.25) is 0 Å². The van der Waals surface area contributed by atoms with Crippen molar-refractivity contribution in [3.63, 3.8) is 0 Å². The lowest BCUT2D eigenvalue weighted by atomic mass is 9.67. The largest absolute Gasteiger partial charge is 0.310 e. The van der Waals surface area contributed by atoms with Gasteiger partial charge in [0.2, 0.25) is 0 Å². The fourth-order valence-corrected chi connectivity index (χ4v) is 9.58. The Labute approximate surface area is 352 Å². The van der Waals surface area contributed by atoms with E-state index in [-0.39, 0.29) is 0 Å². The second-order valence-electron chi connectivity index (χ2n) is 15.7. The SMILES string of the molecule is c1ccc(-c2ccc(-c3ccc(N(c4ccc(-c5cccc6c5-c5ccccc5C6(c5ccccc5)c5ccccc5)cc4)c4ccc5ccccc5c4)cc3)cc2)cc1. The lowest BCUT2D eigenvalue weighted by Crippen LogP contribution is -2.28. The first-order chi connectivity index (χ1) is 29.8. The average Bonchev–Trinajstić information content (AvgIpc) is 3.64. The molecule has 0 bridgehead atoms. The lowest BCUT2D eigenvalue weighted by Gasteiger charge is -2.34. The van der Waals surface area contributed by atoms with E-state index in [0.717, 1.165) is 17.1 Å². The molecule has 1 aliphatic carbocycles. The second kappa shape index (κ2) is 14.9. The molecule has 11 rings (SSSR count). The first-order valence-electron chi connectivity index (χ1n) is 20.8. The molecule has 0 radical (unpaired) electrons. The molecular formula is C59H41N. The Morgan fingerprint density at radius 1 is 0.267 bits per heavy atom. The summed E-state index contributed by atoms with van der Waals surface area (Å²) in [6.45, 7) is 0. The molecule has 0 fully saturated rings. The molecule has 282 valence electrons. The van der Waals surface area contributed by atoms with Gasteiger partial charge >= 0.3 is 0 Å². The van der Waals surface area contributed by atoms with Gasteiger partial charge in [-0.05, 0) is 114 Å². The number of rotatable bonds is 8. The fraction of sp³-hybridized carbons (Fsp3) is 0.0169. The molecule has 0 atom stereocenters. The first kappa shape index (κ1) is 35.4. The predicted molar refractivity (Wildman–Crippen MR) is 252 cm³/mol. The van der Waals surface area contributed by atoms with Gasteiger partial charge in [0.1, 0.15) is 0 Å². The molecule has 0 saturated carbocycles. The highest BCUT2D eigenvalue weighted by molar-refractivity contribution is 5.96. The van der Waals surface area contributed by atoms with Crippen molar-refractivity contribution < 1.29 is 0 Å². The van der Waals surface area contributed by atoms with Crippen LogP contribution in [-0.4, -0.2) is 0 Å². The minimum absolute atomic E-state index is 0.437. The molecule has 1 heteroatoms. The van der Waals surface area contributed by atoms with Crippen LogP contribution in [0, 0.1) is 0 Å². The van der Waals surface area contributed by atoms with Gasteiger partial charge in [-0.1, -0.05) is 212 Å². The molecule has 0 N–H and O–H groups in total. The van der Waals surface area contributed by atoms with Crippen LogP contribution in [0.1, 0.15) is 22.3 Å². The van der Waals surface area contributed by atoms with E-state index in [1.807, 2.05) is 0 Å². The molecule has 0 aliphatic heterocycles. The summed E-state index contributed by atoms with van der Waals surface area (Å²) in [5, 5.41) is 2.44. The van der Waals surface area contributed by atoms with Crippen LogP contribution < -0.4 is 4.90 Å². The number of benzene rings is 10. The quantitative estimate of drug-likeness (QED) is 0.149. The van der Waals surface area contributed by atoms with E-state index >= 15 is 0 Å². The van der Waals surface area contributed by atoms with Gasteiger partial charge in [-0.15, -0.1) is 0 Å². The minimum atomic E-state index is -0.437. The van der Waals surface area contributed by atoms with Crippen LogP contribution >= 0.6 is 0 Å². The summed E-state index contributed by atoms with van der Waals surface area (Å²) in [7, 11) is 0. The van der Waals surface area contributed by atoms with Crippen LogP contribution in [-0.2, 0) is 5.41 Å². The van der Waals surface area contributed by atoms with Crippen molar-refractivity contribution in [3.05, 3.63) is 271 Å². The van der Waals surface area contributed by atoms with Crippen molar-refractivity contribution in [2.24, 2.45) is 0 Å². The van der Waals surface area contributed by atoms with Crippen LogP contribution in [0.15, 0.2) is 249 Å². The van der Waals surface area contributed by atoms with Crippen LogP contribution in [0.4, 0.5) is 17.1 Å². The van der Waals surface area contributed by atoms with E-state index in [0.29, 0.717) is 0 Å². The number of anilines is 3. The maximum atomic E-state index is 2.37. The minimum Gasteiger partial charge on any atom is -0.310 e. The van der Waals surface area contributed by atoms with E-state index < -0.39 is 5.41 Å². The smallest absolute Gasteiger partial charge is 0.0713 e. The highest BCUT2D eigenvalue weighted by Gasteiger charge is 2.46. The third-order valence-electron chi connectivity index (χ3n) is 12.4. The van der Waals surface area contributed by atoms with Crippen LogP contribution in [0.3, 0.4) is 0 Å². The van der Waals surface area contributed by atoms with E-state index in [1.54, 1.807) is 0 Å². The summed E-state index contributed by atoms with van der Waals surface area (Å²) in [5.41, 5.74) is 17.9. The molecule has 0 amide bonds. The highest BCUT2D eigenvalue weighted by atomic mass is 15.1. The maximum Gasteiger partial charge on any atom is 0.0713 e. The van der Waals surface area contributed by atoms with Crippen molar-refractivity contribution in [1.82, 2.24) is 0 Å². The fourth-order valence-electron chi connectivity index (χ4n) is 9.58. The number of hydrogen-bond acceptors (Lipinski definition) is 1. The van der Waals surface area contributed by atoms with Gasteiger partial charge in [-0.2, -0.15) is 0 Å². The van der Waals surface area contributed by atoms with Crippen LogP contribution in [0.25, 0.3) is 55.3 Å². The number of hydrogen-bond donors (Lipinski definition) is 0. The molecule has 0 aromatic heterocycles. The van der Waals surface area contributed by atoms with Gasteiger partial charge in [0.05, 0.1) is 5.41 Å². The number of nitrogens with zero attached hydrogens (tertiary/aromatic N) is 1. The molecule has 1 aliphatic rings. The average molecular weight is 764 g/mol. The second-order valence-corrected chi connectivity index (χ2v) is 15.7. The van der Waals surface area contributed by atoms with Gasteiger partial charge in [0.25, 0.3) is 0 Å². The third-order valence-corrected chi connectivity index (χ3v) is 12.4. The van der Waals surface area contributed by atoms with E-state index in [4.69, 9.17) is 0 Å². The monoisotopic (exact) mass is 763 g/mol. The van der Waals surface area contributed by atoms with Gasteiger partial charge in [-0.25, -0.2) is 0 Å². The van der Waals surface area contributed by atoms with Crippen molar-refractivity contribution in [2.75, 3.05) is 4.90 Å². The normalized spacial score (nSPS) is 12.5. The molecule has 60 heavy (non-hydrogen) atoms. The Hall–Kier alpha value is -7.74. The predicted octanol–water partition coefficient (Wildman–Crippen LogP) is 15.7. The molecule has 10 aromatic carbocycles. The molecule has 0 unspecified atom stereocenters. The first-order valence-corrected chi connectivity index (χ1v) is 20.8. The van der Waals surface area contributed by atoms with Gasteiger partial charge < -0.3 is 4.90 Å². The molecule has 0 heterocycles. The zero-order valence-electron chi connectivity index (χ0n) is 33.1. The van der Waals surface area contributed by atoms with Crippen LogP contribution in [0.2, 0.25) is 0 Å². The van der Waals surface area contributed by atoms with Crippen molar-refractivity contribution in [3.8, 4) is 44.5 Å². The van der Waals surface area contributed by atoms with E-state index in [1.165, 1.54) is 77.5 Å². The molecule has 1 nitrogen and oxygen atoms in total. The molecular weight excluding hydrogens is 723 g/mol. The summed E-state index contributed by atoms with van der Waals surface area (Å²) in [5.74, 6) is 0. The third kappa shape index (κ3) is 5.94. The standard InChI is InChI=1S/C59H41N/c1-4-15-42(16-5-1)44-27-29-45(30-28-44)46-31-36-51(37-32-46)60(53-40-33-43-17-10-11-18-48(43)41-53)52-38-34-47(35-39-52)54-24-14-26-57-58(54)55-23-12-13-25-56(55)59(57,49-19-6-2-7-20-49)50-21-8-3-9-22-50/h1-41H. The highest BCUT2D eigenvalue weighted by Crippen LogP contribution is 2.58. The molecule has 0 saturated heterocycles. The maximum absolute atomic E-state index is 2.37. The van der Waals surface area contributed by atoms with Crippen molar-refractivity contribution in [1.29, 1.82) is 0 Å². The van der Waals surface area contributed by atoms with Crippen molar-refractivity contribution in [2.45, 2.75) is 5.41 Å². The lowest BCUT2D eigenvalue weighted by molar-refractivity contribution is 0.768. The summed E-state index contributed by atoms with van der Waals surface area (Å²) in [6.07, 6.45) is 0. The summed E-state index contributed by atoms with van der Waals surface area (Å²) < 4.78 is 0. The zero-order valence-corrected chi connectivity index (χ0v) is 33.1. The Morgan fingerprint density at radius 3 is 1.32 bits per heavy atom. The van der Waals surface area contributed by atoms with Crippen LogP contribution in [0.5, 0.6) is 0 Å². The Balaban J connectivity index is 1.01.